The van der Waals surface area contributed by atoms with Crippen LogP contribution in [-0.4, -0.2) is 21.5 Å². The Morgan fingerprint density at radius 2 is 2.25 bits per heavy atom. The normalized spacial score (nSPS) is 10.4. The van der Waals surface area contributed by atoms with Gasteiger partial charge in [-0.25, -0.2) is 9.78 Å². The predicted molar refractivity (Wildman–Crippen MR) is 72.5 cm³/mol. The molecule has 0 radical (unpaired) electrons. The van der Waals surface area contributed by atoms with E-state index in [0.29, 0.717) is 22.7 Å². The van der Waals surface area contributed by atoms with Crippen molar-refractivity contribution in [1.29, 1.82) is 5.26 Å². The zero-order chi connectivity index (χ0) is 14.1. The number of benzene rings is 1. The molecule has 0 aliphatic rings. The zero-order valence-electron chi connectivity index (χ0n) is 10.6. The first-order valence-electron chi connectivity index (χ1n) is 5.88. The number of aromatic nitrogens is 3. The van der Waals surface area contributed by atoms with Crippen molar-refractivity contribution in [2.24, 2.45) is 0 Å². The van der Waals surface area contributed by atoms with Gasteiger partial charge in [0.05, 0.1) is 24.4 Å². The lowest BCUT2D eigenvalue weighted by Gasteiger charge is -2.05. The van der Waals surface area contributed by atoms with Gasteiger partial charge in [0.25, 0.3) is 0 Å². The number of rotatable bonds is 2. The molecule has 0 amide bonds. The maximum absolute atomic E-state index is 11.7. The van der Waals surface area contributed by atoms with Crippen molar-refractivity contribution in [3.05, 3.63) is 52.7 Å². The first kappa shape index (κ1) is 12.0. The van der Waals surface area contributed by atoms with Crippen molar-refractivity contribution >= 4 is 5.65 Å². The Kier molecular flexibility index (Phi) is 2.73. The summed E-state index contributed by atoms with van der Waals surface area (Å²) >= 11 is 0. The van der Waals surface area contributed by atoms with Crippen molar-refractivity contribution in [2.45, 2.75) is 0 Å². The summed E-state index contributed by atoms with van der Waals surface area (Å²) in [6, 6.07) is 8.85. The van der Waals surface area contributed by atoms with Crippen LogP contribution in [0.5, 0.6) is 5.75 Å². The van der Waals surface area contributed by atoms with Crippen LogP contribution in [0.25, 0.3) is 16.9 Å². The van der Waals surface area contributed by atoms with Gasteiger partial charge in [-0.1, -0.05) is 0 Å². The van der Waals surface area contributed by atoms with E-state index in [0.717, 1.165) is 5.56 Å². The van der Waals surface area contributed by atoms with E-state index in [4.69, 9.17) is 10.00 Å². The second-order valence-corrected chi connectivity index (χ2v) is 4.16. The summed E-state index contributed by atoms with van der Waals surface area (Å²) in [4.78, 5) is 18.6. The fraction of sp³-hybridized carbons (Fsp3) is 0.0714. The molecule has 0 unspecified atom stereocenters. The molecule has 0 saturated heterocycles. The van der Waals surface area contributed by atoms with Crippen molar-refractivity contribution in [3.63, 3.8) is 0 Å². The van der Waals surface area contributed by atoms with E-state index in [-0.39, 0.29) is 5.69 Å². The Hall–Kier alpha value is -3.07. The number of nitrogens with one attached hydrogen (secondary N) is 1. The molecule has 98 valence electrons. The smallest absolute Gasteiger partial charge is 0.331 e. The van der Waals surface area contributed by atoms with Gasteiger partial charge < -0.3 is 9.72 Å². The lowest BCUT2D eigenvalue weighted by atomic mass is 10.1. The van der Waals surface area contributed by atoms with E-state index in [1.807, 2.05) is 0 Å². The number of hydrogen-bond donors (Lipinski definition) is 1. The Bertz CT molecular complexity index is 886. The highest BCUT2D eigenvalue weighted by Crippen LogP contribution is 2.29. The number of methoxy groups -OCH3 is 1. The molecule has 3 aromatic rings. The van der Waals surface area contributed by atoms with Crippen LogP contribution in [-0.2, 0) is 0 Å². The Balaban J connectivity index is 2.23. The van der Waals surface area contributed by atoms with Crippen LogP contribution >= 0.6 is 0 Å². The summed E-state index contributed by atoms with van der Waals surface area (Å²) < 4.78 is 6.71. The molecule has 0 aliphatic carbocycles. The molecule has 2 heterocycles. The highest BCUT2D eigenvalue weighted by molar-refractivity contribution is 5.70. The van der Waals surface area contributed by atoms with Gasteiger partial charge in [0.2, 0.25) is 0 Å². The molecule has 6 nitrogen and oxygen atoms in total. The number of fused-ring (bicyclic) bond motifs is 1. The third-order valence-corrected chi connectivity index (χ3v) is 3.00. The molecule has 20 heavy (non-hydrogen) atoms. The molecule has 0 fully saturated rings. The Labute approximate surface area is 113 Å². The number of imidazole rings is 1. The first-order valence-corrected chi connectivity index (χ1v) is 5.88. The molecular formula is C14H10N4O2. The summed E-state index contributed by atoms with van der Waals surface area (Å²) in [7, 11) is 1.53. The molecule has 0 saturated carbocycles. The molecule has 2 aromatic heterocycles. The third kappa shape index (κ3) is 1.82. The van der Waals surface area contributed by atoms with Crippen molar-refractivity contribution in [1.82, 2.24) is 14.4 Å². The van der Waals surface area contributed by atoms with Gasteiger partial charge in [-0.05, 0) is 24.3 Å². The molecule has 6 heteroatoms. The molecule has 0 atom stereocenters. The fourth-order valence-corrected chi connectivity index (χ4v) is 2.03. The van der Waals surface area contributed by atoms with E-state index in [9.17, 15) is 4.79 Å². The second kappa shape index (κ2) is 4.55. The summed E-state index contributed by atoms with van der Waals surface area (Å²) in [5, 5.41) is 8.90. The van der Waals surface area contributed by atoms with Crippen LogP contribution in [0.3, 0.4) is 0 Å². The highest BCUT2D eigenvalue weighted by atomic mass is 16.5. The number of hydrogen-bond acceptors (Lipinski definition) is 4. The molecule has 1 N–H and O–H groups in total. The quantitative estimate of drug-likeness (QED) is 0.763. The second-order valence-electron chi connectivity index (χ2n) is 4.16. The number of ether oxygens (including phenoxy) is 1. The average molecular weight is 266 g/mol. The lowest BCUT2D eigenvalue weighted by Crippen LogP contribution is -2.13. The minimum atomic E-state index is -0.256. The van der Waals surface area contributed by atoms with Crippen LogP contribution in [0.15, 0.2) is 41.5 Å². The largest absolute Gasteiger partial charge is 0.496 e. The molecule has 0 aliphatic heterocycles. The molecule has 0 spiro atoms. The van der Waals surface area contributed by atoms with Crippen molar-refractivity contribution < 1.29 is 4.74 Å². The number of nitrogens with zero attached hydrogens (tertiary/aromatic N) is 3. The van der Waals surface area contributed by atoms with Crippen LogP contribution in [0.1, 0.15) is 5.56 Å². The minimum absolute atomic E-state index is 0.256. The molecule has 3 rings (SSSR count). The van der Waals surface area contributed by atoms with E-state index >= 15 is 0 Å². The summed E-state index contributed by atoms with van der Waals surface area (Å²) in [6.45, 7) is 0. The zero-order valence-corrected chi connectivity index (χ0v) is 10.6. The maximum atomic E-state index is 11.7. The Morgan fingerprint density at radius 3 is 2.95 bits per heavy atom. The van der Waals surface area contributed by atoms with E-state index in [1.54, 1.807) is 36.7 Å². The summed E-state index contributed by atoms with van der Waals surface area (Å²) in [6.07, 6.45) is 3.18. The van der Waals surface area contributed by atoms with Crippen LogP contribution in [0.2, 0.25) is 0 Å². The maximum Gasteiger partial charge on any atom is 0.331 e. The van der Waals surface area contributed by atoms with E-state index in [2.05, 4.69) is 16.0 Å². The van der Waals surface area contributed by atoms with E-state index < -0.39 is 0 Å². The van der Waals surface area contributed by atoms with Gasteiger partial charge in [0, 0.05) is 18.0 Å². The highest BCUT2D eigenvalue weighted by Gasteiger charge is 2.11. The van der Waals surface area contributed by atoms with Gasteiger partial charge in [-0.2, -0.15) is 5.26 Å². The van der Waals surface area contributed by atoms with Gasteiger partial charge in [0.1, 0.15) is 11.4 Å². The van der Waals surface area contributed by atoms with Crippen molar-refractivity contribution in [3.8, 4) is 23.1 Å². The summed E-state index contributed by atoms with van der Waals surface area (Å²) in [5.74, 6) is 0.545. The third-order valence-electron chi connectivity index (χ3n) is 3.00. The number of H-pyrrole nitrogens is 1. The molecule has 0 bridgehead atoms. The van der Waals surface area contributed by atoms with Crippen LogP contribution < -0.4 is 10.4 Å². The SMILES string of the molecule is COc1cc(C#N)ccc1-c1cn2c(=O)[nH]ccc2n1. The minimum Gasteiger partial charge on any atom is -0.496 e. The lowest BCUT2D eigenvalue weighted by molar-refractivity contribution is 0.416. The van der Waals surface area contributed by atoms with Crippen LogP contribution in [0, 0.1) is 11.3 Å². The van der Waals surface area contributed by atoms with Crippen LogP contribution in [0.4, 0.5) is 0 Å². The standard InChI is InChI=1S/C14H10N4O2/c1-20-12-6-9(7-15)2-3-10(12)11-8-18-13(17-11)4-5-16-14(18)19/h2-6,8H,1H3,(H,16,19). The predicted octanol–water partition coefficient (Wildman–Crippen LogP) is 1.57. The van der Waals surface area contributed by atoms with Gasteiger partial charge in [0.15, 0.2) is 0 Å². The van der Waals surface area contributed by atoms with Gasteiger partial charge in [-0.3, -0.25) is 4.40 Å². The first-order chi connectivity index (χ1) is 9.72. The monoisotopic (exact) mass is 266 g/mol. The van der Waals surface area contributed by atoms with Gasteiger partial charge >= 0.3 is 5.69 Å². The van der Waals surface area contributed by atoms with E-state index in [1.165, 1.54) is 11.5 Å². The molecule has 1 aromatic carbocycles. The summed E-state index contributed by atoms with van der Waals surface area (Å²) in [5.41, 5.74) is 2.15. The topological polar surface area (TPSA) is 83.2 Å². The molecular weight excluding hydrogens is 256 g/mol. The number of nitriles is 1. The van der Waals surface area contributed by atoms with Crippen molar-refractivity contribution in [2.75, 3.05) is 7.11 Å². The fourth-order valence-electron chi connectivity index (χ4n) is 2.03. The van der Waals surface area contributed by atoms with Gasteiger partial charge in [-0.15, -0.1) is 0 Å². The Morgan fingerprint density at radius 1 is 1.40 bits per heavy atom. The average Bonchev–Trinajstić information content (AvgIpc) is 2.92. The number of aromatic amines is 1.